The van der Waals surface area contributed by atoms with E-state index in [2.05, 4.69) is 20.3 Å². The lowest BCUT2D eigenvalue weighted by atomic mass is 10.5. The van der Waals surface area contributed by atoms with Gasteiger partial charge in [-0.1, -0.05) is 0 Å². The number of thioether (sulfide) groups is 1. The van der Waals surface area contributed by atoms with E-state index in [1.165, 1.54) is 0 Å². The fourth-order valence-corrected chi connectivity index (χ4v) is 1.48. The molecule has 0 saturated heterocycles. The van der Waals surface area contributed by atoms with Gasteiger partial charge in [-0.15, -0.1) is 0 Å². The molecule has 0 fully saturated rings. The second-order valence-electron chi connectivity index (χ2n) is 3.69. The number of hydrogen-bond donors (Lipinski definition) is 2. The first-order valence-electron chi connectivity index (χ1n) is 5.39. The summed E-state index contributed by atoms with van der Waals surface area (Å²) >= 11 is -0.124. The van der Waals surface area contributed by atoms with Gasteiger partial charge >= 0.3 is 11.5 Å². The van der Waals surface area contributed by atoms with Gasteiger partial charge in [0.1, 0.15) is 0 Å². The smallest absolute Gasteiger partial charge is 0.441 e. The quantitative estimate of drug-likeness (QED) is 0.776. The van der Waals surface area contributed by atoms with E-state index in [0.717, 1.165) is 0 Å². The van der Waals surface area contributed by atoms with E-state index in [1.54, 1.807) is 13.8 Å². The number of aromatic nitrogens is 3. The van der Waals surface area contributed by atoms with Crippen molar-refractivity contribution in [1.82, 2.24) is 15.0 Å². The van der Waals surface area contributed by atoms with E-state index in [0.29, 0.717) is 0 Å². The Hall–Kier alpha value is -1.45. The number of rotatable bonds is 6. The monoisotopic (exact) mass is 297 g/mol. The average Bonchev–Trinajstić information content (AvgIpc) is 2.21. The van der Waals surface area contributed by atoms with Crippen LogP contribution in [0.2, 0.25) is 0 Å². The van der Waals surface area contributed by atoms with Crippen LogP contribution in [0.15, 0.2) is 0 Å². The van der Waals surface area contributed by atoms with Gasteiger partial charge in [-0.25, -0.2) is 0 Å². The molecule has 1 aromatic rings. The van der Waals surface area contributed by atoms with Gasteiger partial charge in [-0.3, -0.25) is 0 Å². The zero-order valence-electron chi connectivity index (χ0n) is 10.4. The molecule has 0 spiro atoms. The van der Waals surface area contributed by atoms with Gasteiger partial charge in [0, 0.05) is 12.3 Å². The molecule has 0 aliphatic heterocycles. The van der Waals surface area contributed by atoms with Crippen molar-refractivity contribution in [3.05, 3.63) is 0 Å². The van der Waals surface area contributed by atoms with Crippen molar-refractivity contribution in [3.8, 4) is 6.01 Å². The van der Waals surface area contributed by atoms with Crippen LogP contribution >= 0.6 is 11.8 Å². The summed E-state index contributed by atoms with van der Waals surface area (Å²) in [5.74, 6) is -0.127. The number of nitrogen functional groups attached to an aromatic ring is 1. The zero-order chi connectivity index (χ0) is 14.5. The van der Waals surface area contributed by atoms with Crippen LogP contribution in [0.3, 0.4) is 0 Å². The molecule has 6 nitrogen and oxygen atoms in total. The molecule has 0 aromatic carbocycles. The topological polar surface area (TPSA) is 86.0 Å². The van der Waals surface area contributed by atoms with E-state index >= 15 is 0 Å². The van der Waals surface area contributed by atoms with Gasteiger partial charge < -0.3 is 15.8 Å². The molecule has 1 aromatic heterocycles. The van der Waals surface area contributed by atoms with Crippen LogP contribution < -0.4 is 15.8 Å². The summed E-state index contributed by atoms with van der Waals surface area (Å²) < 4.78 is 40.9. The normalized spacial score (nSPS) is 11.7. The first kappa shape index (κ1) is 15.6. The highest BCUT2D eigenvalue weighted by Gasteiger charge is 2.27. The summed E-state index contributed by atoms with van der Waals surface area (Å²) in [6, 6.07) is 0.0356. The van der Waals surface area contributed by atoms with Crippen molar-refractivity contribution in [3.63, 3.8) is 0 Å². The highest BCUT2D eigenvalue weighted by atomic mass is 32.2. The number of nitrogens with one attached hydrogen (secondary N) is 1. The Morgan fingerprint density at radius 2 is 2.00 bits per heavy atom. The predicted molar refractivity (Wildman–Crippen MR) is 67.0 cm³/mol. The summed E-state index contributed by atoms with van der Waals surface area (Å²) in [5.41, 5.74) is 1.20. The molecular formula is C9H14F3N5OS. The molecule has 3 N–H and O–H groups in total. The largest absolute Gasteiger partial charge is 0.461 e. The molecule has 1 heterocycles. The van der Waals surface area contributed by atoms with Crippen molar-refractivity contribution in [2.24, 2.45) is 0 Å². The van der Waals surface area contributed by atoms with E-state index < -0.39 is 5.51 Å². The SMILES string of the molecule is CC(C)Oc1nc(N)nc(NCCSC(F)(F)F)n1. The molecule has 0 aliphatic rings. The molecular weight excluding hydrogens is 283 g/mol. The van der Waals surface area contributed by atoms with Gasteiger partial charge in [0.05, 0.1) is 6.10 Å². The minimum atomic E-state index is -4.24. The molecule has 10 heteroatoms. The lowest BCUT2D eigenvalue weighted by molar-refractivity contribution is -0.0327. The van der Waals surface area contributed by atoms with Crippen LogP contribution in [0, 0.1) is 0 Å². The van der Waals surface area contributed by atoms with Crippen molar-refractivity contribution < 1.29 is 17.9 Å². The van der Waals surface area contributed by atoms with Gasteiger partial charge in [0.25, 0.3) is 0 Å². The fraction of sp³-hybridized carbons (Fsp3) is 0.667. The maximum absolute atomic E-state index is 11.9. The second-order valence-corrected chi connectivity index (χ2v) is 4.85. The number of ether oxygens (including phenoxy) is 1. The van der Waals surface area contributed by atoms with Crippen molar-refractivity contribution >= 4 is 23.7 Å². The second kappa shape index (κ2) is 6.64. The number of alkyl halides is 3. The zero-order valence-corrected chi connectivity index (χ0v) is 11.2. The molecule has 0 atom stereocenters. The van der Waals surface area contributed by atoms with E-state index in [-0.39, 0.29) is 48.1 Å². The summed E-state index contributed by atoms with van der Waals surface area (Å²) in [7, 11) is 0. The Kier molecular flexibility index (Phi) is 5.45. The molecule has 0 unspecified atom stereocenters. The lowest BCUT2D eigenvalue weighted by Crippen LogP contribution is -2.15. The minimum absolute atomic E-state index is 0.0356. The molecule has 19 heavy (non-hydrogen) atoms. The molecule has 0 aliphatic carbocycles. The molecule has 1 rings (SSSR count). The van der Waals surface area contributed by atoms with Crippen LogP contribution in [0.5, 0.6) is 6.01 Å². The summed E-state index contributed by atoms with van der Waals surface area (Å²) in [5, 5.41) is 2.63. The fourth-order valence-electron chi connectivity index (χ4n) is 1.04. The van der Waals surface area contributed by atoms with Crippen LogP contribution in [-0.2, 0) is 0 Å². The third kappa shape index (κ3) is 6.89. The van der Waals surface area contributed by atoms with Crippen LogP contribution in [-0.4, -0.2) is 38.9 Å². The maximum Gasteiger partial charge on any atom is 0.441 e. The van der Waals surface area contributed by atoms with E-state index in [1.807, 2.05) is 0 Å². The van der Waals surface area contributed by atoms with Crippen LogP contribution in [0.1, 0.15) is 13.8 Å². The highest BCUT2D eigenvalue weighted by molar-refractivity contribution is 8.00. The Balaban J connectivity index is 2.51. The molecule has 0 saturated carbocycles. The van der Waals surface area contributed by atoms with Crippen LogP contribution in [0.4, 0.5) is 25.1 Å². The summed E-state index contributed by atoms with van der Waals surface area (Å²) in [6.45, 7) is 3.62. The van der Waals surface area contributed by atoms with Gasteiger partial charge in [-0.05, 0) is 25.6 Å². The Labute approximate surface area is 112 Å². The molecule has 0 bridgehead atoms. The van der Waals surface area contributed by atoms with E-state index in [9.17, 15) is 13.2 Å². The van der Waals surface area contributed by atoms with Crippen molar-refractivity contribution in [1.29, 1.82) is 0 Å². The third-order valence-electron chi connectivity index (χ3n) is 1.62. The molecule has 0 radical (unpaired) electrons. The Morgan fingerprint density at radius 3 is 2.58 bits per heavy atom. The number of halogens is 3. The molecule has 0 amide bonds. The maximum atomic E-state index is 11.9. The molecule has 108 valence electrons. The number of anilines is 2. The number of nitrogens with zero attached hydrogens (tertiary/aromatic N) is 3. The predicted octanol–water partition coefficient (Wildman–Crippen LogP) is 1.91. The van der Waals surface area contributed by atoms with Crippen molar-refractivity contribution in [2.45, 2.75) is 25.5 Å². The number of nitrogens with two attached hydrogens (primary N) is 1. The highest BCUT2D eigenvalue weighted by Crippen LogP contribution is 2.29. The van der Waals surface area contributed by atoms with E-state index in [4.69, 9.17) is 10.5 Å². The third-order valence-corrected chi connectivity index (χ3v) is 2.36. The average molecular weight is 297 g/mol. The minimum Gasteiger partial charge on any atom is -0.461 e. The summed E-state index contributed by atoms with van der Waals surface area (Å²) in [6.07, 6.45) is -0.143. The first-order chi connectivity index (χ1) is 8.76. The standard InChI is InChI=1S/C9H14F3N5OS/c1-5(2)18-8-16-6(13)15-7(17-8)14-3-4-19-9(10,11)12/h5H,3-4H2,1-2H3,(H3,13,14,15,16,17). The van der Waals surface area contributed by atoms with Crippen LogP contribution in [0.25, 0.3) is 0 Å². The van der Waals surface area contributed by atoms with Crippen molar-refractivity contribution in [2.75, 3.05) is 23.3 Å². The summed E-state index contributed by atoms with van der Waals surface area (Å²) in [4.78, 5) is 11.4. The van der Waals surface area contributed by atoms with Gasteiger partial charge in [0.2, 0.25) is 11.9 Å². The number of hydrogen-bond acceptors (Lipinski definition) is 7. The lowest BCUT2D eigenvalue weighted by Gasteiger charge is -2.10. The van der Waals surface area contributed by atoms with Gasteiger partial charge in [0.15, 0.2) is 0 Å². The Bertz CT molecular complexity index is 415. The first-order valence-corrected chi connectivity index (χ1v) is 6.37. The van der Waals surface area contributed by atoms with Gasteiger partial charge in [-0.2, -0.15) is 28.1 Å². The Morgan fingerprint density at radius 1 is 1.32 bits per heavy atom.